The zero-order valence-electron chi connectivity index (χ0n) is 6.53. The average Bonchev–Trinajstić information content (AvgIpc) is 2.11. The Morgan fingerprint density at radius 1 is 1.64 bits per heavy atom. The molecule has 0 atom stereocenters. The maximum atomic E-state index is 10.5. The molecule has 74 valence electrons. The van der Waals surface area contributed by atoms with E-state index < -0.39 is 16.4 Å². The fourth-order valence-electron chi connectivity index (χ4n) is 0.878. The SMILES string of the molecule is O=Cc1cc(Br)c(Cl)c([N+](=O)[O-])c1O. The largest absolute Gasteiger partial charge is 0.502 e. The van der Waals surface area contributed by atoms with Gasteiger partial charge in [0.2, 0.25) is 5.75 Å². The van der Waals surface area contributed by atoms with Crippen LogP contribution in [0.15, 0.2) is 10.5 Å². The summed E-state index contributed by atoms with van der Waals surface area (Å²) in [7, 11) is 0. The van der Waals surface area contributed by atoms with Gasteiger partial charge in [0.25, 0.3) is 0 Å². The van der Waals surface area contributed by atoms with Gasteiger partial charge in [0, 0.05) is 4.47 Å². The smallest absolute Gasteiger partial charge is 0.331 e. The second kappa shape index (κ2) is 3.93. The average molecular weight is 280 g/mol. The van der Waals surface area contributed by atoms with Crippen molar-refractivity contribution in [1.82, 2.24) is 0 Å². The molecule has 7 heteroatoms. The van der Waals surface area contributed by atoms with Gasteiger partial charge in [-0.3, -0.25) is 14.9 Å². The van der Waals surface area contributed by atoms with Crippen molar-refractivity contribution in [3.63, 3.8) is 0 Å². The first-order valence-electron chi connectivity index (χ1n) is 3.29. The molecule has 0 fully saturated rings. The highest BCUT2D eigenvalue weighted by Gasteiger charge is 2.24. The van der Waals surface area contributed by atoms with E-state index in [0.717, 1.165) is 0 Å². The summed E-state index contributed by atoms with van der Waals surface area (Å²) >= 11 is 8.49. The van der Waals surface area contributed by atoms with Crippen molar-refractivity contribution in [3.05, 3.63) is 31.2 Å². The lowest BCUT2D eigenvalue weighted by atomic mass is 10.2. The van der Waals surface area contributed by atoms with Crippen LogP contribution in [0.3, 0.4) is 0 Å². The highest BCUT2D eigenvalue weighted by Crippen LogP contribution is 2.40. The fourth-order valence-corrected chi connectivity index (χ4v) is 1.53. The Morgan fingerprint density at radius 2 is 2.21 bits per heavy atom. The van der Waals surface area contributed by atoms with Crippen LogP contribution >= 0.6 is 27.5 Å². The van der Waals surface area contributed by atoms with Crippen molar-refractivity contribution in [2.24, 2.45) is 0 Å². The number of aromatic hydroxyl groups is 1. The summed E-state index contributed by atoms with van der Waals surface area (Å²) in [5, 5.41) is 19.5. The third-order valence-electron chi connectivity index (χ3n) is 1.51. The third-order valence-corrected chi connectivity index (χ3v) is 2.74. The van der Waals surface area contributed by atoms with Gasteiger partial charge in [-0.2, -0.15) is 0 Å². The van der Waals surface area contributed by atoms with Crippen LogP contribution in [-0.4, -0.2) is 16.3 Å². The Bertz CT molecular complexity index is 421. The lowest BCUT2D eigenvalue weighted by Gasteiger charge is -2.02. The summed E-state index contributed by atoms with van der Waals surface area (Å²) in [6.45, 7) is 0. The van der Waals surface area contributed by atoms with Crippen molar-refractivity contribution in [2.75, 3.05) is 0 Å². The number of phenolic OH excluding ortho intramolecular Hbond substituents is 1. The highest BCUT2D eigenvalue weighted by atomic mass is 79.9. The predicted molar refractivity (Wildman–Crippen MR) is 52.9 cm³/mol. The molecule has 1 aromatic rings. The number of nitro benzene ring substituents is 1. The van der Waals surface area contributed by atoms with Crippen LogP contribution in [0.4, 0.5) is 5.69 Å². The molecule has 0 saturated carbocycles. The number of carbonyl (C=O) groups excluding carboxylic acids is 1. The van der Waals surface area contributed by atoms with E-state index in [0.29, 0.717) is 6.29 Å². The summed E-state index contributed by atoms with van der Waals surface area (Å²) in [6.07, 6.45) is 0.309. The van der Waals surface area contributed by atoms with E-state index in [1.54, 1.807) is 0 Å². The molecule has 1 N–H and O–H groups in total. The minimum Gasteiger partial charge on any atom is -0.502 e. The Labute approximate surface area is 91.6 Å². The maximum Gasteiger partial charge on any atom is 0.331 e. The van der Waals surface area contributed by atoms with Gasteiger partial charge in [-0.05, 0) is 22.0 Å². The minimum absolute atomic E-state index is 0.186. The molecule has 0 amide bonds. The van der Waals surface area contributed by atoms with E-state index in [9.17, 15) is 20.0 Å². The van der Waals surface area contributed by atoms with Crippen LogP contribution in [0.2, 0.25) is 5.02 Å². The first-order valence-corrected chi connectivity index (χ1v) is 4.46. The molecule has 0 aromatic heterocycles. The zero-order valence-corrected chi connectivity index (χ0v) is 8.87. The van der Waals surface area contributed by atoms with Gasteiger partial charge in [-0.25, -0.2) is 0 Å². The number of hydrogen-bond acceptors (Lipinski definition) is 4. The normalized spacial score (nSPS) is 9.86. The number of halogens is 2. The van der Waals surface area contributed by atoms with Crippen LogP contribution in [0, 0.1) is 10.1 Å². The maximum absolute atomic E-state index is 10.5. The second-order valence-corrected chi connectivity index (χ2v) is 3.57. The molecule has 0 aliphatic carbocycles. The van der Waals surface area contributed by atoms with Crippen LogP contribution < -0.4 is 0 Å². The molecule has 0 aliphatic heterocycles. The van der Waals surface area contributed by atoms with Crippen LogP contribution in [-0.2, 0) is 0 Å². The lowest BCUT2D eigenvalue weighted by molar-refractivity contribution is -0.385. The molecule has 0 radical (unpaired) electrons. The van der Waals surface area contributed by atoms with E-state index in [-0.39, 0.29) is 15.1 Å². The van der Waals surface area contributed by atoms with E-state index in [2.05, 4.69) is 15.9 Å². The molecule has 0 heterocycles. The molecule has 0 unspecified atom stereocenters. The molecule has 14 heavy (non-hydrogen) atoms. The van der Waals surface area contributed by atoms with Crippen molar-refractivity contribution in [2.45, 2.75) is 0 Å². The molecule has 1 aromatic carbocycles. The monoisotopic (exact) mass is 279 g/mol. The van der Waals surface area contributed by atoms with Crippen LogP contribution in [0.1, 0.15) is 10.4 Å². The highest BCUT2D eigenvalue weighted by molar-refractivity contribution is 9.10. The molecule has 0 saturated heterocycles. The van der Waals surface area contributed by atoms with Gasteiger partial charge >= 0.3 is 5.69 Å². The van der Waals surface area contributed by atoms with Crippen LogP contribution in [0.5, 0.6) is 5.75 Å². The lowest BCUT2D eigenvalue weighted by Crippen LogP contribution is -1.94. The van der Waals surface area contributed by atoms with Gasteiger partial charge in [-0.15, -0.1) is 0 Å². The number of rotatable bonds is 2. The van der Waals surface area contributed by atoms with Crippen LogP contribution in [0.25, 0.3) is 0 Å². The van der Waals surface area contributed by atoms with Crippen molar-refractivity contribution in [3.8, 4) is 5.75 Å². The van der Waals surface area contributed by atoms with E-state index in [4.69, 9.17) is 11.6 Å². The topological polar surface area (TPSA) is 80.4 Å². The number of nitro groups is 1. The van der Waals surface area contributed by atoms with Gasteiger partial charge in [0.1, 0.15) is 5.02 Å². The molecule has 0 spiro atoms. The fraction of sp³-hybridized carbons (Fsp3) is 0. The Kier molecular flexibility index (Phi) is 3.07. The second-order valence-electron chi connectivity index (χ2n) is 2.33. The number of phenols is 1. The predicted octanol–water partition coefficient (Wildman–Crippen LogP) is 2.53. The molecular weight excluding hydrogens is 277 g/mol. The van der Waals surface area contributed by atoms with Gasteiger partial charge in [0.15, 0.2) is 6.29 Å². The number of nitrogens with zero attached hydrogens (tertiary/aromatic N) is 1. The van der Waals surface area contributed by atoms with Gasteiger partial charge in [-0.1, -0.05) is 11.6 Å². The Morgan fingerprint density at radius 3 is 2.64 bits per heavy atom. The van der Waals surface area contributed by atoms with Crippen molar-refractivity contribution >= 4 is 39.5 Å². The standard InChI is InChI=1S/C7H3BrClNO4/c8-4-1-3(2-11)7(12)6(5(4)9)10(13)14/h1-2,12H. The molecule has 0 bridgehead atoms. The van der Waals surface area contributed by atoms with Crippen molar-refractivity contribution < 1.29 is 14.8 Å². The van der Waals surface area contributed by atoms with Gasteiger partial charge < -0.3 is 5.11 Å². The van der Waals surface area contributed by atoms with Crippen molar-refractivity contribution in [1.29, 1.82) is 0 Å². The molecule has 0 aliphatic rings. The first kappa shape index (κ1) is 10.9. The molecular formula is C7H3BrClNO4. The number of benzene rings is 1. The minimum atomic E-state index is -0.852. The van der Waals surface area contributed by atoms with E-state index in [1.807, 2.05) is 0 Å². The third kappa shape index (κ3) is 1.71. The van der Waals surface area contributed by atoms with E-state index in [1.165, 1.54) is 6.07 Å². The zero-order chi connectivity index (χ0) is 10.9. The summed E-state index contributed by atoms with van der Waals surface area (Å²) in [5.41, 5.74) is -0.865. The number of carbonyl (C=O) groups is 1. The molecule has 5 nitrogen and oxygen atoms in total. The summed E-state index contributed by atoms with van der Waals surface area (Å²) in [5.74, 6) is -0.724. The Hall–Kier alpha value is -1.14. The summed E-state index contributed by atoms with van der Waals surface area (Å²) < 4.78 is 0.186. The van der Waals surface area contributed by atoms with Gasteiger partial charge in [0.05, 0.1) is 10.5 Å². The number of aldehydes is 1. The van der Waals surface area contributed by atoms with E-state index >= 15 is 0 Å². The Balaban J connectivity index is 3.61. The quantitative estimate of drug-likeness (QED) is 0.513. The first-order chi connectivity index (χ1) is 6.49. The number of hydrogen-bond donors (Lipinski definition) is 1. The molecule has 1 rings (SSSR count). The summed E-state index contributed by atoms with van der Waals surface area (Å²) in [6, 6.07) is 1.21. The summed E-state index contributed by atoms with van der Waals surface area (Å²) in [4.78, 5) is 20.1.